The molecule has 7 heteroatoms. The van der Waals surface area contributed by atoms with Crippen LogP contribution in [-0.4, -0.2) is 38.1 Å². The van der Waals surface area contributed by atoms with Crippen LogP contribution in [0.1, 0.15) is 27.0 Å². The molecule has 6 nitrogen and oxygen atoms in total. The van der Waals surface area contributed by atoms with Gasteiger partial charge in [-0.2, -0.15) is 0 Å². The van der Waals surface area contributed by atoms with Gasteiger partial charge in [0.05, 0.1) is 19.8 Å². The summed E-state index contributed by atoms with van der Waals surface area (Å²) in [5.74, 6) is 0.336. The lowest BCUT2D eigenvalue weighted by Crippen LogP contribution is -2.32. The van der Waals surface area contributed by atoms with E-state index in [1.807, 2.05) is 24.3 Å². The van der Waals surface area contributed by atoms with E-state index in [2.05, 4.69) is 22.3 Å². The fraction of sp³-hybridized carbons (Fsp3) is 0.269. The molecule has 3 N–H and O–H groups in total. The van der Waals surface area contributed by atoms with Crippen molar-refractivity contribution in [2.45, 2.75) is 19.4 Å². The van der Waals surface area contributed by atoms with Crippen LogP contribution < -0.4 is 20.5 Å². The van der Waals surface area contributed by atoms with Gasteiger partial charge in [0.2, 0.25) is 0 Å². The lowest BCUT2D eigenvalue weighted by atomic mass is 9.98. The van der Waals surface area contributed by atoms with Crippen molar-refractivity contribution in [1.82, 2.24) is 4.90 Å². The summed E-state index contributed by atoms with van der Waals surface area (Å²) in [6.07, 6.45) is 1.86. The first-order chi connectivity index (χ1) is 16.0. The molecule has 0 saturated heterocycles. The van der Waals surface area contributed by atoms with Crippen LogP contribution in [0.15, 0.2) is 54.6 Å². The van der Waals surface area contributed by atoms with Gasteiger partial charge in [0.15, 0.2) is 11.5 Å². The van der Waals surface area contributed by atoms with Crippen molar-refractivity contribution >= 4 is 17.3 Å². The van der Waals surface area contributed by atoms with Crippen molar-refractivity contribution in [2.75, 3.05) is 38.4 Å². The predicted molar refractivity (Wildman–Crippen MR) is 127 cm³/mol. The van der Waals surface area contributed by atoms with Gasteiger partial charge in [0.1, 0.15) is 5.82 Å². The molecule has 0 aromatic heterocycles. The molecule has 0 aliphatic carbocycles. The van der Waals surface area contributed by atoms with Crippen LogP contribution in [0, 0.1) is 5.82 Å². The number of carbonyl (C=O) groups excluding carboxylic acids is 1. The Bertz CT molecular complexity index is 1130. The fourth-order valence-corrected chi connectivity index (χ4v) is 4.15. The fourth-order valence-electron chi connectivity index (χ4n) is 4.15. The Morgan fingerprint density at radius 3 is 2.42 bits per heavy atom. The molecule has 1 amide bonds. The quantitative estimate of drug-likeness (QED) is 0.527. The topological polar surface area (TPSA) is 76.8 Å². The van der Waals surface area contributed by atoms with E-state index in [0.717, 1.165) is 49.5 Å². The Balaban J connectivity index is 1.34. The second-order valence-corrected chi connectivity index (χ2v) is 8.11. The van der Waals surface area contributed by atoms with Gasteiger partial charge in [-0.25, -0.2) is 4.39 Å². The molecule has 1 aliphatic heterocycles. The highest BCUT2D eigenvalue weighted by Gasteiger charge is 2.19. The Hall–Kier alpha value is -3.58. The number of carbonyl (C=O) groups is 1. The third-order valence-corrected chi connectivity index (χ3v) is 6.00. The van der Waals surface area contributed by atoms with Gasteiger partial charge in [-0.1, -0.05) is 18.2 Å². The summed E-state index contributed by atoms with van der Waals surface area (Å²) in [4.78, 5) is 14.8. The van der Waals surface area contributed by atoms with Gasteiger partial charge in [0, 0.05) is 31.0 Å². The number of ether oxygens (including phenoxy) is 2. The zero-order valence-corrected chi connectivity index (χ0v) is 18.9. The van der Waals surface area contributed by atoms with E-state index in [-0.39, 0.29) is 11.3 Å². The van der Waals surface area contributed by atoms with Crippen LogP contribution in [0.3, 0.4) is 0 Å². The number of hydrogen-bond donors (Lipinski definition) is 2. The summed E-state index contributed by atoms with van der Waals surface area (Å²) >= 11 is 0. The van der Waals surface area contributed by atoms with E-state index >= 15 is 0 Å². The molecule has 0 fully saturated rings. The Morgan fingerprint density at radius 1 is 1.06 bits per heavy atom. The number of hydrogen-bond acceptors (Lipinski definition) is 5. The van der Waals surface area contributed by atoms with E-state index < -0.39 is 11.7 Å². The van der Waals surface area contributed by atoms with Crippen molar-refractivity contribution < 1.29 is 18.7 Å². The minimum Gasteiger partial charge on any atom is -0.493 e. The van der Waals surface area contributed by atoms with Crippen molar-refractivity contribution in [3.63, 3.8) is 0 Å². The summed E-state index contributed by atoms with van der Waals surface area (Å²) in [5, 5.41) is 2.71. The SMILES string of the molecule is COc1cc2c(cc1OC)CN(CCc1ccc(NC(=O)c3c(N)cccc3F)cc1)CC2. The zero-order valence-electron chi connectivity index (χ0n) is 18.9. The minimum absolute atomic E-state index is 0.114. The van der Waals surface area contributed by atoms with Crippen molar-refractivity contribution in [2.24, 2.45) is 0 Å². The molecule has 172 valence electrons. The minimum atomic E-state index is -0.636. The molecule has 0 unspecified atom stereocenters. The highest BCUT2D eigenvalue weighted by molar-refractivity contribution is 6.07. The number of methoxy groups -OCH3 is 2. The summed E-state index contributed by atoms with van der Waals surface area (Å²) in [6.45, 7) is 2.78. The molecule has 33 heavy (non-hydrogen) atoms. The average molecular weight is 450 g/mol. The number of amides is 1. The molecule has 4 rings (SSSR count). The van der Waals surface area contributed by atoms with Crippen LogP contribution >= 0.6 is 0 Å². The van der Waals surface area contributed by atoms with Crippen LogP contribution in [0.4, 0.5) is 15.8 Å². The molecule has 1 heterocycles. The molecule has 0 spiro atoms. The summed E-state index contributed by atoms with van der Waals surface area (Å²) in [5.41, 5.74) is 10.1. The molecule has 0 radical (unpaired) electrons. The predicted octanol–water partition coefficient (Wildman–Crippen LogP) is 4.28. The van der Waals surface area contributed by atoms with Gasteiger partial charge in [-0.15, -0.1) is 0 Å². The third kappa shape index (κ3) is 5.09. The van der Waals surface area contributed by atoms with E-state index in [1.54, 1.807) is 14.2 Å². The third-order valence-electron chi connectivity index (χ3n) is 6.00. The number of nitrogen functional groups attached to an aromatic ring is 1. The standard InChI is InChI=1S/C26H28FN3O3/c1-32-23-14-18-11-13-30(16-19(18)15-24(23)33-2)12-10-17-6-8-20(9-7-17)29-26(31)25-21(27)4-3-5-22(25)28/h3-9,14-15H,10-13,16,28H2,1-2H3,(H,29,31). The Kier molecular flexibility index (Phi) is 6.79. The zero-order chi connectivity index (χ0) is 23.4. The maximum Gasteiger partial charge on any atom is 0.260 e. The summed E-state index contributed by atoms with van der Waals surface area (Å²) in [7, 11) is 3.31. The lowest BCUT2D eigenvalue weighted by Gasteiger charge is -2.29. The summed E-state index contributed by atoms with van der Waals surface area (Å²) < 4.78 is 24.8. The Labute approximate surface area is 193 Å². The number of nitrogens with one attached hydrogen (secondary N) is 1. The van der Waals surface area contributed by atoms with Crippen molar-refractivity contribution in [3.8, 4) is 11.5 Å². The van der Waals surface area contributed by atoms with Crippen LogP contribution in [0.25, 0.3) is 0 Å². The van der Waals surface area contributed by atoms with Gasteiger partial charge in [-0.3, -0.25) is 9.69 Å². The number of fused-ring (bicyclic) bond motifs is 1. The van der Waals surface area contributed by atoms with E-state index in [4.69, 9.17) is 15.2 Å². The van der Waals surface area contributed by atoms with Gasteiger partial charge < -0.3 is 20.5 Å². The maximum atomic E-state index is 14.0. The maximum absolute atomic E-state index is 14.0. The highest BCUT2D eigenvalue weighted by Crippen LogP contribution is 2.33. The normalized spacial score (nSPS) is 13.3. The molecular formula is C26H28FN3O3. The van der Waals surface area contributed by atoms with Gasteiger partial charge in [-0.05, 0) is 65.9 Å². The first-order valence-corrected chi connectivity index (χ1v) is 10.9. The number of nitrogens with zero attached hydrogens (tertiary/aromatic N) is 1. The number of benzene rings is 3. The molecule has 3 aromatic rings. The highest BCUT2D eigenvalue weighted by atomic mass is 19.1. The average Bonchev–Trinajstić information content (AvgIpc) is 2.82. The Morgan fingerprint density at radius 2 is 1.76 bits per heavy atom. The number of halogens is 1. The molecule has 1 aliphatic rings. The number of rotatable bonds is 7. The smallest absolute Gasteiger partial charge is 0.260 e. The van der Waals surface area contributed by atoms with Crippen LogP contribution in [-0.2, 0) is 19.4 Å². The monoisotopic (exact) mass is 449 g/mol. The number of nitrogens with two attached hydrogens (primary N) is 1. The first kappa shape index (κ1) is 22.6. The van der Waals surface area contributed by atoms with E-state index in [0.29, 0.717) is 5.69 Å². The molecular weight excluding hydrogens is 421 g/mol. The van der Waals surface area contributed by atoms with Gasteiger partial charge in [0.25, 0.3) is 5.91 Å². The summed E-state index contributed by atoms with van der Waals surface area (Å²) in [6, 6.07) is 16.0. The second-order valence-electron chi connectivity index (χ2n) is 8.11. The van der Waals surface area contributed by atoms with Crippen LogP contribution in [0.2, 0.25) is 0 Å². The van der Waals surface area contributed by atoms with Gasteiger partial charge >= 0.3 is 0 Å². The van der Waals surface area contributed by atoms with Crippen LogP contribution in [0.5, 0.6) is 11.5 Å². The first-order valence-electron chi connectivity index (χ1n) is 10.9. The second kappa shape index (κ2) is 9.92. The van der Waals surface area contributed by atoms with Crippen molar-refractivity contribution in [1.29, 1.82) is 0 Å². The largest absolute Gasteiger partial charge is 0.493 e. The molecule has 0 bridgehead atoms. The lowest BCUT2D eigenvalue weighted by molar-refractivity contribution is 0.102. The molecule has 0 atom stereocenters. The van der Waals surface area contributed by atoms with E-state index in [1.165, 1.54) is 29.3 Å². The molecule has 0 saturated carbocycles. The van der Waals surface area contributed by atoms with Crippen molar-refractivity contribution in [3.05, 3.63) is 82.7 Å². The van der Waals surface area contributed by atoms with E-state index in [9.17, 15) is 9.18 Å². The number of anilines is 2. The molecule has 3 aromatic carbocycles.